The van der Waals surface area contributed by atoms with Crippen LogP contribution < -0.4 is 5.32 Å². The van der Waals surface area contributed by atoms with Crippen LogP contribution in [0.3, 0.4) is 0 Å². The minimum atomic E-state index is -0.498. The number of rotatable bonds is 3. The molecule has 0 radical (unpaired) electrons. The number of amides is 1. The van der Waals surface area contributed by atoms with E-state index in [1.54, 1.807) is 13.0 Å². The Balaban J connectivity index is 2.13. The second-order valence-electron chi connectivity index (χ2n) is 3.69. The first-order valence-corrected chi connectivity index (χ1v) is 5.18. The monoisotopic (exact) mass is 246 g/mol. The Morgan fingerprint density at radius 1 is 1.28 bits per heavy atom. The maximum atomic E-state index is 11.8. The number of non-ortho nitro benzene ring substituents is 1. The standard InChI is InChI=1S/C12H10N2O4/c1-8-6-7-18-11(8)12(15)13-9-2-4-10(5-3-9)14(16)17/h2-7H,1H3,(H,13,15). The molecule has 2 aromatic rings. The number of furan rings is 1. The number of aryl methyl sites for hydroxylation is 1. The lowest BCUT2D eigenvalue weighted by Gasteiger charge is -2.03. The molecule has 6 heteroatoms. The van der Waals surface area contributed by atoms with Crippen molar-refractivity contribution in [1.82, 2.24) is 0 Å². The number of hydrogen-bond acceptors (Lipinski definition) is 4. The van der Waals surface area contributed by atoms with Crippen molar-refractivity contribution in [2.75, 3.05) is 5.32 Å². The normalized spacial score (nSPS) is 10.1. The van der Waals surface area contributed by atoms with E-state index < -0.39 is 4.92 Å². The van der Waals surface area contributed by atoms with Gasteiger partial charge in [0, 0.05) is 23.4 Å². The van der Waals surface area contributed by atoms with Gasteiger partial charge < -0.3 is 9.73 Å². The highest BCUT2D eigenvalue weighted by molar-refractivity contribution is 6.03. The number of hydrogen-bond donors (Lipinski definition) is 1. The van der Waals surface area contributed by atoms with E-state index in [2.05, 4.69) is 5.32 Å². The van der Waals surface area contributed by atoms with Crippen molar-refractivity contribution in [1.29, 1.82) is 0 Å². The lowest BCUT2D eigenvalue weighted by atomic mass is 10.2. The van der Waals surface area contributed by atoms with E-state index >= 15 is 0 Å². The molecule has 0 aliphatic rings. The topological polar surface area (TPSA) is 85.4 Å². The molecule has 2 rings (SSSR count). The average Bonchev–Trinajstić information content (AvgIpc) is 2.76. The molecule has 0 aliphatic heterocycles. The number of carbonyl (C=O) groups excluding carboxylic acids is 1. The van der Waals surface area contributed by atoms with E-state index in [0.717, 1.165) is 5.56 Å². The Kier molecular flexibility index (Phi) is 3.09. The molecule has 6 nitrogen and oxygen atoms in total. The summed E-state index contributed by atoms with van der Waals surface area (Å²) in [7, 11) is 0. The third kappa shape index (κ3) is 2.37. The van der Waals surface area contributed by atoms with Gasteiger partial charge in [0.1, 0.15) is 0 Å². The highest BCUT2D eigenvalue weighted by Gasteiger charge is 2.13. The lowest BCUT2D eigenvalue weighted by Crippen LogP contribution is -2.11. The molecule has 0 saturated heterocycles. The number of nitrogens with zero attached hydrogens (tertiary/aromatic N) is 1. The van der Waals surface area contributed by atoms with Gasteiger partial charge >= 0.3 is 0 Å². The van der Waals surface area contributed by atoms with Crippen molar-refractivity contribution in [3.63, 3.8) is 0 Å². The van der Waals surface area contributed by atoms with Gasteiger partial charge in [-0.05, 0) is 25.1 Å². The predicted octanol–water partition coefficient (Wildman–Crippen LogP) is 2.75. The Morgan fingerprint density at radius 3 is 2.44 bits per heavy atom. The molecule has 0 fully saturated rings. The first-order chi connectivity index (χ1) is 8.58. The summed E-state index contributed by atoms with van der Waals surface area (Å²) in [5.41, 5.74) is 1.18. The van der Waals surface area contributed by atoms with Crippen molar-refractivity contribution >= 4 is 17.3 Å². The maximum Gasteiger partial charge on any atom is 0.291 e. The van der Waals surface area contributed by atoms with Crippen LogP contribution in [0.2, 0.25) is 0 Å². The van der Waals surface area contributed by atoms with Crippen LogP contribution in [0.25, 0.3) is 0 Å². The average molecular weight is 246 g/mol. The van der Waals surface area contributed by atoms with E-state index in [-0.39, 0.29) is 17.4 Å². The largest absolute Gasteiger partial charge is 0.459 e. The summed E-state index contributed by atoms with van der Waals surface area (Å²) in [6, 6.07) is 7.27. The Bertz CT molecular complexity index is 586. The van der Waals surface area contributed by atoms with Gasteiger partial charge in [0.05, 0.1) is 11.2 Å². The molecule has 1 aromatic heterocycles. The molecule has 1 N–H and O–H groups in total. The third-order valence-corrected chi connectivity index (χ3v) is 2.40. The molecule has 18 heavy (non-hydrogen) atoms. The first-order valence-electron chi connectivity index (χ1n) is 5.18. The molecule has 1 heterocycles. The van der Waals surface area contributed by atoms with Gasteiger partial charge in [0.15, 0.2) is 5.76 Å². The van der Waals surface area contributed by atoms with Gasteiger partial charge in [-0.3, -0.25) is 14.9 Å². The van der Waals surface area contributed by atoms with Gasteiger partial charge in [-0.15, -0.1) is 0 Å². The van der Waals surface area contributed by atoms with Gasteiger partial charge in [0.2, 0.25) is 0 Å². The zero-order valence-corrected chi connectivity index (χ0v) is 9.54. The van der Waals surface area contributed by atoms with Gasteiger partial charge in [-0.1, -0.05) is 0 Å². The summed E-state index contributed by atoms with van der Waals surface area (Å²) in [5.74, 6) is -0.153. The van der Waals surface area contributed by atoms with Gasteiger partial charge in [0.25, 0.3) is 11.6 Å². The van der Waals surface area contributed by atoms with Crippen molar-refractivity contribution in [2.24, 2.45) is 0 Å². The highest BCUT2D eigenvalue weighted by atomic mass is 16.6. The fourth-order valence-corrected chi connectivity index (χ4v) is 1.46. The van der Waals surface area contributed by atoms with Gasteiger partial charge in [-0.2, -0.15) is 0 Å². The van der Waals surface area contributed by atoms with E-state index in [1.165, 1.54) is 30.5 Å². The van der Waals surface area contributed by atoms with Crippen LogP contribution in [-0.2, 0) is 0 Å². The zero-order chi connectivity index (χ0) is 13.1. The Labute approximate surface area is 102 Å². The number of nitrogens with one attached hydrogen (secondary N) is 1. The maximum absolute atomic E-state index is 11.8. The number of nitro benzene ring substituents is 1. The fourth-order valence-electron chi connectivity index (χ4n) is 1.46. The number of nitro groups is 1. The van der Waals surface area contributed by atoms with E-state index in [1.807, 2.05) is 0 Å². The van der Waals surface area contributed by atoms with Crippen LogP contribution in [0.1, 0.15) is 16.1 Å². The van der Waals surface area contributed by atoms with Crippen molar-refractivity contribution in [3.8, 4) is 0 Å². The number of carbonyl (C=O) groups is 1. The SMILES string of the molecule is Cc1ccoc1C(=O)Nc1ccc([N+](=O)[O-])cc1. The molecule has 0 spiro atoms. The van der Waals surface area contributed by atoms with Gasteiger partial charge in [-0.25, -0.2) is 0 Å². The van der Waals surface area contributed by atoms with Crippen LogP contribution in [0.5, 0.6) is 0 Å². The zero-order valence-electron chi connectivity index (χ0n) is 9.54. The minimum Gasteiger partial charge on any atom is -0.459 e. The van der Waals surface area contributed by atoms with Crippen LogP contribution in [0.15, 0.2) is 41.0 Å². The molecule has 0 atom stereocenters. The molecule has 0 unspecified atom stereocenters. The molecule has 0 aliphatic carbocycles. The third-order valence-electron chi connectivity index (χ3n) is 2.40. The summed E-state index contributed by atoms with van der Waals surface area (Å²) >= 11 is 0. The van der Waals surface area contributed by atoms with E-state index in [4.69, 9.17) is 4.42 Å². The smallest absolute Gasteiger partial charge is 0.291 e. The van der Waals surface area contributed by atoms with Crippen molar-refractivity contribution in [3.05, 3.63) is 58.0 Å². The van der Waals surface area contributed by atoms with E-state index in [0.29, 0.717) is 5.69 Å². The molecule has 1 aromatic carbocycles. The molecule has 92 valence electrons. The van der Waals surface area contributed by atoms with Crippen LogP contribution >= 0.6 is 0 Å². The van der Waals surface area contributed by atoms with Crippen molar-refractivity contribution in [2.45, 2.75) is 6.92 Å². The first kappa shape index (κ1) is 11.8. The highest BCUT2D eigenvalue weighted by Crippen LogP contribution is 2.17. The van der Waals surface area contributed by atoms with Crippen LogP contribution in [-0.4, -0.2) is 10.8 Å². The quantitative estimate of drug-likeness (QED) is 0.666. The predicted molar refractivity (Wildman–Crippen MR) is 64.5 cm³/mol. The summed E-state index contributed by atoms with van der Waals surface area (Å²) in [6.45, 7) is 1.76. The minimum absolute atomic E-state index is 0.0258. The van der Waals surface area contributed by atoms with Crippen LogP contribution in [0, 0.1) is 17.0 Å². The number of benzene rings is 1. The molecule has 0 bridgehead atoms. The fraction of sp³-hybridized carbons (Fsp3) is 0.0833. The summed E-state index contributed by atoms with van der Waals surface area (Å²) < 4.78 is 5.04. The Hall–Kier alpha value is -2.63. The van der Waals surface area contributed by atoms with Crippen molar-refractivity contribution < 1.29 is 14.1 Å². The molecule has 1 amide bonds. The number of anilines is 1. The lowest BCUT2D eigenvalue weighted by molar-refractivity contribution is -0.384. The Morgan fingerprint density at radius 2 is 1.94 bits per heavy atom. The second kappa shape index (κ2) is 4.70. The molecular formula is C12H10N2O4. The van der Waals surface area contributed by atoms with E-state index in [9.17, 15) is 14.9 Å². The summed E-state index contributed by atoms with van der Waals surface area (Å²) in [5, 5.41) is 13.1. The van der Waals surface area contributed by atoms with Crippen LogP contribution in [0.4, 0.5) is 11.4 Å². The summed E-state index contributed by atoms with van der Waals surface area (Å²) in [4.78, 5) is 21.7. The second-order valence-corrected chi connectivity index (χ2v) is 3.69. The molecule has 0 saturated carbocycles. The molecular weight excluding hydrogens is 236 g/mol. The summed E-state index contributed by atoms with van der Waals surface area (Å²) in [6.07, 6.45) is 1.43.